The highest BCUT2D eigenvalue weighted by Crippen LogP contribution is 2.37. The number of H-pyrrole nitrogens is 1. The Hall–Kier alpha value is -1.82. The maximum atomic E-state index is 13.4. The molecule has 1 aliphatic rings. The minimum absolute atomic E-state index is 0. The lowest BCUT2D eigenvalue weighted by Crippen LogP contribution is -2.30. The van der Waals surface area contributed by atoms with Crippen molar-refractivity contribution in [2.75, 3.05) is 7.11 Å². The first kappa shape index (κ1) is 13.6. The van der Waals surface area contributed by atoms with Crippen LogP contribution in [0.2, 0.25) is 0 Å². The quantitative estimate of drug-likeness (QED) is 0.912. The molecule has 1 aromatic heterocycles. The number of halogens is 2. The molecule has 0 amide bonds. The Morgan fingerprint density at radius 2 is 2.05 bits per heavy atom. The van der Waals surface area contributed by atoms with Gasteiger partial charge in [-0.05, 0) is 18.9 Å². The molecular formula is C12H12ClFN2O3. The van der Waals surface area contributed by atoms with Gasteiger partial charge in [-0.2, -0.15) is 0 Å². The van der Waals surface area contributed by atoms with E-state index in [1.54, 1.807) is 0 Å². The van der Waals surface area contributed by atoms with Crippen LogP contribution in [0.3, 0.4) is 0 Å². The summed E-state index contributed by atoms with van der Waals surface area (Å²) in [5.41, 5.74) is -0.695. The number of hydrogen-bond acceptors (Lipinski definition) is 3. The summed E-state index contributed by atoms with van der Waals surface area (Å²) in [6, 6.07) is 2.37. The van der Waals surface area contributed by atoms with Crippen molar-refractivity contribution in [2.24, 2.45) is 0 Å². The average Bonchev–Trinajstić information content (AvgIpc) is 3.13. The minimum Gasteiger partial charge on any atom is -0.494 e. The third-order valence-electron chi connectivity index (χ3n) is 3.10. The van der Waals surface area contributed by atoms with Crippen LogP contribution < -0.4 is 16.0 Å². The van der Waals surface area contributed by atoms with Crippen LogP contribution in [-0.2, 0) is 0 Å². The fourth-order valence-corrected chi connectivity index (χ4v) is 2.16. The van der Waals surface area contributed by atoms with Crippen molar-refractivity contribution in [3.63, 3.8) is 0 Å². The first-order valence-corrected chi connectivity index (χ1v) is 5.64. The van der Waals surface area contributed by atoms with Crippen molar-refractivity contribution in [1.29, 1.82) is 0 Å². The van der Waals surface area contributed by atoms with E-state index in [-0.39, 0.29) is 29.6 Å². The Kier molecular flexibility index (Phi) is 3.36. The summed E-state index contributed by atoms with van der Waals surface area (Å²) in [7, 11) is 1.39. The number of nitrogens with zero attached hydrogens (tertiary/aromatic N) is 1. The van der Waals surface area contributed by atoms with Crippen molar-refractivity contribution in [1.82, 2.24) is 9.55 Å². The third kappa shape index (κ3) is 2.12. The first-order valence-electron chi connectivity index (χ1n) is 5.64. The largest absolute Gasteiger partial charge is 0.494 e. The molecule has 0 unspecified atom stereocenters. The molecule has 0 saturated heterocycles. The van der Waals surface area contributed by atoms with Gasteiger partial charge in [-0.15, -0.1) is 12.4 Å². The Morgan fingerprint density at radius 3 is 2.63 bits per heavy atom. The highest BCUT2D eigenvalue weighted by Gasteiger charge is 2.28. The van der Waals surface area contributed by atoms with Crippen LogP contribution in [0.1, 0.15) is 18.9 Å². The van der Waals surface area contributed by atoms with Gasteiger partial charge >= 0.3 is 5.69 Å². The SMILES string of the molecule is COc1cc(F)cc2c(=O)[nH]c(=O)n(C3CC3)c12.Cl. The number of benzene rings is 1. The van der Waals surface area contributed by atoms with Crippen molar-refractivity contribution in [3.8, 4) is 5.75 Å². The molecule has 1 heterocycles. The van der Waals surface area contributed by atoms with E-state index < -0.39 is 17.1 Å². The Bertz CT molecular complexity index is 749. The third-order valence-corrected chi connectivity index (χ3v) is 3.10. The summed E-state index contributed by atoms with van der Waals surface area (Å²) in [4.78, 5) is 25.8. The van der Waals surface area contributed by atoms with Crippen LogP contribution in [0.5, 0.6) is 5.75 Å². The molecule has 3 rings (SSSR count). The summed E-state index contributed by atoms with van der Waals surface area (Å²) in [6.07, 6.45) is 1.75. The van der Waals surface area contributed by atoms with Crippen LogP contribution in [0.15, 0.2) is 21.7 Å². The number of nitrogens with one attached hydrogen (secondary N) is 1. The second-order valence-electron chi connectivity index (χ2n) is 4.36. The predicted molar refractivity (Wildman–Crippen MR) is 70.9 cm³/mol. The highest BCUT2D eigenvalue weighted by atomic mass is 35.5. The second-order valence-corrected chi connectivity index (χ2v) is 4.36. The second kappa shape index (κ2) is 4.70. The number of hydrogen-bond donors (Lipinski definition) is 1. The molecule has 19 heavy (non-hydrogen) atoms. The number of aromatic nitrogens is 2. The maximum absolute atomic E-state index is 13.4. The topological polar surface area (TPSA) is 64.1 Å². The van der Waals surface area contributed by atoms with E-state index in [1.807, 2.05) is 0 Å². The van der Waals surface area contributed by atoms with Crippen molar-refractivity contribution < 1.29 is 9.13 Å². The van der Waals surface area contributed by atoms with Gasteiger partial charge in [-0.1, -0.05) is 0 Å². The summed E-state index contributed by atoms with van der Waals surface area (Å²) in [5.74, 6) is -0.356. The Morgan fingerprint density at radius 1 is 1.37 bits per heavy atom. The summed E-state index contributed by atoms with van der Waals surface area (Å²) < 4.78 is 20.0. The lowest BCUT2D eigenvalue weighted by molar-refractivity contribution is 0.413. The fourth-order valence-electron chi connectivity index (χ4n) is 2.16. The lowest BCUT2D eigenvalue weighted by atomic mass is 10.2. The number of aromatic amines is 1. The predicted octanol–water partition coefficient (Wildman–Crippen LogP) is 1.59. The molecule has 1 fully saturated rings. The van der Waals surface area contributed by atoms with Gasteiger partial charge in [-0.25, -0.2) is 9.18 Å². The summed E-state index contributed by atoms with van der Waals surface area (Å²) >= 11 is 0. The van der Waals surface area contributed by atoms with E-state index in [4.69, 9.17) is 4.74 Å². The summed E-state index contributed by atoms with van der Waals surface area (Å²) in [6.45, 7) is 0. The van der Waals surface area contributed by atoms with Gasteiger partial charge < -0.3 is 4.74 Å². The molecule has 0 spiro atoms. The van der Waals surface area contributed by atoms with E-state index in [0.717, 1.165) is 18.9 Å². The number of fused-ring (bicyclic) bond motifs is 1. The monoisotopic (exact) mass is 286 g/mol. The number of ether oxygens (including phenoxy) is 1. The normalized spacial score (nSPS) is 14.2. The molecule has 1 aromatic carbocycles. The zero-order valence-corrected chi connectivity index (χ0v) is 10.9. The Labute approximate surface area is 113 Å². The van der Waals surface area contributed by atoms with Crippen LogP contribution >= 0.6 is 12.4 Å². The van der Waals surface area contributed by atoms with Crippen LogP contribution in [0.4, 0.5) is 4.39 Å². The van der Waals surface area contributed by atoms with Gasteiger partial charge in [0.2, 0.25) is 0 Å². The van der Waals surface area contributed by atoms with E-state index in [2.05, 4.69) is 4.98 Å². The molecule has 0 aliphatic heterocycles. The molecule has 2 aromatic rings. The zero-order valence-electron chi connectivity index (χ0n) is 10.1. The molecule has 5 nitrogen and oxygen atoms in total. The van der Waals surface area contributed by atoms with Crippen LogP contribution in [0, 0.1) is 5.82 Å². The smallest absolute Gasteiger partial charge is 0.329 e. The molecule has 7 heteroatoms. The molecule has 0 bridgehead atoms. The van der Waals surface area contributed by atoms with Gasteiger partial charge in [0, 0.05) is 12.1 Å². The maximum Gasteiger partial charge on any atom is 0.329 e. The lowest BCUT2D eigenvalue weighted by Gasteiger charge is -2.11. The van der Waals surface area contributed by atoms with E-state index >= 15 is 0 Å². The van der Waals surface area contributed by atoms with Gasteiger partial charge in [0.1, 0.15) is 17.1 Å². The molecule has 0 atom stereocenters. The molecule has 1 N–H and O–H groups in total. The van der Waals surface area contributed by atoms with Crippen LogP contribution in [0.25, 0.3) is 10.9 Å². The average molecular weight is 287 g/mol. The van der Waals surface area contributed by atoms with Crippen molar-refractivity contribution in [3.05, 3.63) is 38.8 Å². The molecule has 1 aliphatic carbocycles. The van der Waals surface area contributed by atoms with E-state index in [1.165, 1.54) is 17.7 Å². The standard InChI is InChI=1S/C12H11FN2O3.ClH/c1-18-9-5-6(13)4-8-10(9)15(7-2-3-7)12(17)14-11(8)16;/h4-5,7H,2-3H2,1H3,(H,14,16,17);1H. The van der Waals surface area contributed by atoms with Gasteiger partial charge in [0.25, 0.3) is 5.56 Å². The highest BCUT2D eigenvalue weighted by molar-refractivity contribution is 5.85. The van der Waals surface area contributed by atoms with Gasteiger partial charge in [0.05, 0.1) is 12.5 Å². The van der Waals surface area contributed by atoms with Crippen LogP contribution in [-0.4, -0.2) is 16.7 Å². The minimum atomic E-state index is -0.593. The van der Waals surface area contributed by atoms with E-state index in [9.17, 15) is 14.0 Å². The van der Waals surface area contributed by atoms with Gasteiger partial charge in [-0.3, -0.25) is 14.3 Å². The molecule has 102 valence electrons. The van der Waals surface area contributed by atoms with Crippen molar-refractivity contribution >= 4 is 23.3 Å². The molecule has 1 saturated carbocycles. The van der Waals surface area contributed by atoms with Gasteiger partial charge in [0.15, 0.2) is 0 Å². The first-order chi connectivity index (χ1) is 8.61. The van der Waals surface area contributed by atoms with E-state index in [0.29, 0.717) is 5.52 Å². The zero-order chi connectivity index (χ0) is 12.9. The fraction of sp³-hybridized carbons (Fsp3) is 0.333. The molecular weight excluding hydrogens is 275 g/mol. The molecule has 0 radical (unpaired) electrons. The Balaban J connectivity index is 0.00000133. The summed E-state index contributed by atoms with van der Waals surface area (Å²) in [5, 5.41) is 0.137. The van der Waals surface area contributed by atoms with Crippen molar-refractivity contribution in [2.45, 2.75) is 18.9 Å². The number of rotatable bonds is 2. The number of methoxy groups -OCH3 is 1.